The van der Waals surface area contributed by atoms with Gasteiger partial charge in [0, 0.05) is 11.7 Å². The third kappa shape index (κ3) is 2.46. The van der Waals surface area contributed by atoms with Crippen LogP contribution in [0.1, 0.15) is 19.8 Å². The Labute approximate surface area is 104 Å². The van der Waals surface area contributed by atoms with E-state index in [1.807, 2.05) is 6.92 Å². The summed E-state index contributed by atoms with van der Waals surface area (Å²) in [5.41, 5.74) is 5.08. The van der Waals surface area contributed by atoms with E-state index in [1.54, 1.807) is 0 Å². The lowest BCUT2D eigenvalue weighted by molar-refractivity contribution is 0.270. The first-order valence-electron chi connectivity index (χ1n) is 5.56. The van der Waals surface area contributed by atoms with Gasteiger partial charge in [-0.05, 0) is 30.9 Å². The summed E-state index contributed by atoms with van der Waals surface area (Å²) in [4.78, 5) is -0.962. The predicted octanol–water partition coefficient (Wildman–Crippen LogP) is 1.62. The highest BCUT2D eigenvalue weighted by molar-refractivity contribution is 7.89. The second kappa shape index (κ2) is 4.47. The summed E-state index contributed by atoms with van der Waals surface area (Å²) in [7, 11) is -4.18. The van der Waals surface area contributed by atoms with E-state index >= 15 is 0 Å². The Morgan fingerprint density at radius 3 is 2.22 bits per heavy atom. The maximum Gasteiger partial charge on any atom is 0.246 e. The Morgan fingerprint density at radius 2 is 1.78 bits per heavy atom. The maximum atomic E-state index is 13.5. The average Bonchev–Trinajstić information content (AvgIpc) is 2.11. The summed E-state index contributed by atoms with van der Waals surface area (Å²) < 4.78 is 53.1. The fourth-order valence-corrected chi connectivity index (χ4v) is 3.49. The molecule has 0 atom stereocenters. The molecule has 18 heavy (non-hydrogen) atoms. The molecular formula is C11H14F2N2O2S. The van der Waals surface area contributed by atoms with Crippen LogP contribution < -0.4 is 10.5 Å². The Hall–Kier alpha value is -1.21. The lowest BCUT2D eigenvalue weighted by Gasteiger charge is -2.32. The molecule has 0 bridgehead atoms. The molecule has 0 heterocycles. The zero-order valence-electron chi connectivity index (χ0n) is 9.78. The van der Waals surface area contributed by atoms with Crippen LogP contribution in [0.4, 0.5) is 14.5 Å². The molecular weight excluding hydrogens is 262 g/mol. The fourth-order valence-electron chi connectivity index (χ4n) is 2.11. The summed E-state index contributed by atoms with van der Waals surface area (Å²) in [5, 5.41) is 0. The van der Waals surface area contributed by atoms with Gasteiger partial charge in [0.2, 0.25) is 10.0 Å². The largest absolute Gasteiger partial charge is 0.399 e. The Bertz CT molecular complexity index is 545. The van der Waals surface area contributed by atoms with Crippen molar-refractivity contribution in [3.8, 4) is 0 Å². The minimum atomic E-state index is -4.18. The van der Waals surface area contributed by atoms with Crippen LogP contribution in [0.5, 0.6) is 0 Å². The lowest BCUT2D eigenvalue weighted by Crippen LogP contribution is -2.43. The molecule has 3 N–H and O–H groups in total. The molecule has 1 aliphatic rings. The molecule has 1 fully saturated rings. The maximum absolute atomic E-state index is 13.5. The van der Waals surface area contributed by atoms with Gasteiger partial charge >= 0.3 is 0 Å². The highest BCUT2D eigenvalue weighted by Crippen LogP contribution is 2.29. The standard InChI is InChI=1S/C11H14F2N2O2S/c1-6-2-8(3-6)15-18(16,17)11-9(12)4-7(14)5-10(11)13/h4-6,8,15H,2-3,14H2,1H3. The minimum Gasteiger partial charge on any atom is -0.399 e. The third-order valence-electron chi connectivity index (χ3n) is 2.98. The first kappa shape index (κ1) is 13.2. The molecule has 0 saturated heterocycles. The van der Waals surface area contributed by atoms with E-state index in [-0.39, 0.29) is 11.7 Å². The van der Waals surface area contributed by atoms with E-state index in [4.69, 9.17) is 5.73 Å². The predicted molar refractivity (Wildman–Crippen MR) is 63.3 cm³/mol. The molecule has 0 aromatic heterocycles. The molecule has 1 aromatic rings. The van der Waals surface area contributed by atoms with Crippen LogP contribution >= 0.6 is 0 Å². The number of halogens is 2. The van der Waals surface area contributed by atoms with Crippen molar-refractivity contribution >= 4 is 15.7 Å². The zero-order chi connectivity index (χ0) is 13.5. The lowest BCUT2D eigenvalue weighted by atomic mass is 9.83. The van der Waals surface area contributed by atoms with E-state index in [1.165, 1.54) is 0 Å². The number of benzene rings is 1. The second-order valence-electron chi connectivity index (χ2n) is 4.71. The quantitative estimate of drug-likeness (QED) is 0.824. The molecule has 1 aromatic carbocycles. The van der Waals surface area contributed by atoms with Crippen LogP contribution in [-0.4, -0.2) is 14.5 Å². The summed E-state index contributed by atoms with van der Waals surface area (Å²) in [6.45, 7) is 1.98. The number of sulfonamides is 1. The minimum absolute atomic E-state index is 0.152. The first-order chi connectivity index (χ1) is 8.29. The van der Waals surface area contributed by atoms with Crippen LogP contribution in [0.25, 0.3) is 0 Å². The number of hydrogen-bond donors (Lipinski definition) is 2. The van der Waals surface area contributed by atoms with Gasteiger partial charge < -0.3 is 5.73 Å². The van der Waals surface area contributed by atoms with Gasteiger partial charge in [-0.1, -0.05) is 6.92 Å². The summed E-state index contributed by atoms with van der Waals surface area (Å²) >= 11 is 0. The van der Waals surface area contributed by atoms with E-state index in [0.29, 0.717) is 18.8 Å². The van der Waals surface area contributed by atoms with Crippen LogP contribution in [-0.2, 0) is 10.0 Å². The van der Waals surface area contributed by atoms with Crippen molar-refractivity contribution < 1.29 is 17.2 Å². The van der Waals surface area contributed by atoms with Crippen molar-refractivity contribution in [1.29, 1.82) is 0 Å². The van der Waals surface area contributed by atoms with E-state index in [9.17, 15) is 17.2 Å². The molecule has 100 valence electrons. The molecule has 0 radical (unpaired) electrons. The van der Waals surface area contributed by atoms with Crippen LogP contribution in [0.2, 0.25) is 0 Å². The van der Waals surface area contributed by atoms with Crippen LogP contribution in [0.3, 0.4) is 0 Å². The molecule has 1 aliphatic carbocycles. The van der Waals surface area contributed by atoms with Crippen LogP contribution in [0, 0.1) is 17.6 Å². The molecule has 0 amide bonds. The topological polar surface area (TPSA) is 72.2 Å². The van der Waals surface area contributed by atoms with Gasteiger partial charge in [0.25, 0.3) is 0 Å². The monoisotopic (exact) mass is 276 g/mol. The molecule has 1 saturated carbocycles. The van der Waals surface area contributed by atoms with E-state index in [0.717, 1.165) is 12.1 Å². The number of nitrogens with two attached hydrogens (primary N) is 1. The number of rotatable bonds is 3. The van der Waals surface area contributed by atoms with Gasteiger partial charge in [0.05, 0.1) is 0 Å². The number of anilines is 1. The van der Waals surface area contributed by atoms with Crippen molar-refractivity contribution in [2.24, 2.45) is 5.92 Å². The fraction of sp³-hybridized carbons (Fsp3) is 0.455. The normalized spacial score (nSPS) is 23.7. The summed E-state index contributed by atoms with van der Waals surface area (Å²) in [6.07, 6.45) is 1.36. The molecule has 7 heteroatoms. The van der Waals surface area contributed by atoms with Crippen molar-refractivity contribution in [2.75, 3.05) is 5.73 Å². The van der Waals surface area contributed by atoms with Crippen molar-refractivity contribution in [3.05, 3.63) is 23.8 Å². The van der Waals surface area contributed by atoms with Gasteiger partial charge in [0.15, 0.2) is 4.90 Å². The van der Waals surface area contributed by atoms with E-state index < -0.39 is 26.6 Å². The number of hydrogen-bond acceptors (Lipinski definition) is 3. The molecule has 2 rings (SSSR count). The van der Waals surface area contributed by atoms with Gasteiger partial charge in [0.1, 0.15) is 11.6 Å². The number of nitrogen functional groups attached to an aromatic ring is 1. The Morgan fingerprint density at radius 1 is 1.28 bits per heavy atom. The molecule has 4 nitrogen and oxygen atoms in total. The van der Waals surface area contributed by atoms with Crippen molar-refractivity contribution in [3.63, 3.8) is 0 Å². The number of nitrogens with one attached hydrogen (secondary N) is 1. The first-order valence-corrected chi connectivity index (χ1v) is 7.05. The Kier molecular flexibility index (Phi) is 3.29. The highest BCUT2D eigenvalue weighted by atomic mass is 32.2. The van der Waals surface area contributed by atoms with Gasteiger partial charge in [-0.2, -0.15) is 0 Å². The molecule has 0 spiro atoms. The smallest absolute Gasteiger partial charge is 0.246 e. The van der Waals surface area contributed by atoms with E-state index in [2.05, 4.69) is 4.72 Å². The van der Waals surface area contributed by atoms with Gasteiger partial charge in [-0.15, -0.1) is 0 Å². The SMILES string of the molecule is CC1CC(NS(=O)(=O)c2c(F)cc(N)cc2F)C1. The van der Waals surface area contributed by atoms with Crippen molar-refractivity contribution in [2.45, 2.75) is 30.7 Å². The van der Waals surface area contributed by atoms with Gasteiger partial charge in [-0.25, -0.2) is 21.9 Å². The molecule has 0 aliphatic heterocycles. The zero-order valence-corrected chi connectivity index (χ0v) is 10.6. The van der Waals surface area contributed by atoms with Crippen molar-refractivity contribution in [1.82, 2.24) is 4.72 Å². The van der Waals surface area contributed by atoms with Gasteiger partial charge in [-0.3, -0.25) is 0 Å². The third-order valence-corrected chi connectivity index (χ3v) is 4.56. The second-order valence-corrected chi connectivity index (χ2v) is 6.36. The highest BCUT2D eigenvalue weighted by Gasteiger charge is 2.32. The summed E-state index contributed by atoms with van der Waals surface area (Å²) in [6, 6.07) is 1.34. The van der Waals surface area contributed by atoms with Crippen LogP contribution in [0.15, 0.2) is 17.0 Å². The molecule has 0 unspecified atom stereocenters. The average molecular weight is 276 g/mol. The Balaban J connectivity index is 2.30. The summed E-state index contributed by atoms with van der Waals surface area (Å²) in [5.74, 6) is -1.92.